The number of nitrogens with zero attached hydrogens (tertiary/aromatic N) is 1. The number of ether oxygens (including phenoxy) is 2. The van der Waals surface area contributed by atoms with Crippen LogP contribution < -0.4 is 19.1 Å². The summed E-state index contributed by atoms with van der Waals surface area (Å²) < 4.78 is 37.1. The molecule has 31 heavy (non-hydrogen) atoms. The number of hydrogen-bond donors (Lipinski definition) is 1. The molecular weight excluding hydrogens is 416 g/mol. The smallest absolute Gasteiger partial charge is 0.248 e. The molecule has 0 unspecified atom stereocenters. The summed E-state index contributed by atoms with van der Waals surface area (Å²) in [4.78, 5) is 12.9. The second-order valence-corrected chi connectivity index (χ2v) is 8.69. The Morgan fingerprint density at radius 2 is 1.48 bits per heavy atom. The highest BCUT2D eigenvalue weighted by atomic mass is 32.2. The molecule has 3 aromatic rings. The lowest BCUT2D eigenvalue weighted by Gasteiger charge is -2.28. The molecule has 162 valence electrons. The lowest BCUT2D eigenvalue weighted by molar-refractivity contribution is -0.116. The first-order chi connectivity index (χ1) is 14.8. The maximum absolute atomic E-state index is 12.9. The second-order valence-electron chi connectivity index (χ2n) is 6.83. The Bertz CT molecular complexity index is 1130. The van der Waals surface area contributed by atoms with Crippen molar-refractivity contribution < 1.29 is 22.7 Å². The average Bonchev–Trinajstić information content (AvgIpc) is 2.75. The van der Waals surface area contributed by atoms with Gasteiger partial charge in [0.05, 0.1) is 24.7 Å². The number of carbonyl (C=O) groups is 1. The Morgan fingerprint density at radius 1 is 0.903 bits per heavy atom. The third-order valence-electron chi connectivity index (χ3n) is 4.52. The highest BCUT2D eigenvalue weighted by Crippen LogP contribution is 2.28. The van der Waals surface area contributed by atoms with E-state index in [2.05, 4.69) is 5.32 Å². The zero-order chi connectivity index (χ0) is 22.4. The topological polar surface area (TPSA) is 84.9 Å². The summed E-state index contributed by atoms with van der Waals surface area (Å²) >= 11 is 0. The molecule has 1 N–H and O–H groups in total. The van der Waals surface area contributed by atoms with Crippen molar-refractivity contribution >= 4 is 27.3 Å². The molecule has 7 nitrogen and oxygen atoms in total. The van der Waals surface area contributed by atoms with Crippen LogP contribution in [0.2, 0.25) is 0 Å². The standard InChI is InChI=1S/C23H24N2O5S/c1-17(23(26)24-21-11-7-8-12-22(21)29-2)25(31(3,27)28)18-13-15-20(16-14-18)30-19-9-5-4-6-10-19/h4-17H,1-3H3,(H,24,26)/t17-/m1/s1. The maximum atomic E-state index is 12.9. The molecule has 0 heterocycles. The molecule has 8 heteroatoms. The summed E-state index contributed by atoms with van der Waals surface area (Å²) in [5.74, 6) is 1.21. The van der Waals surface area contributed by atoms with Gasteiger partial charge in [-0.1, -0.05) is 30.3 Å². The molecule has 0 radical (unpaired) electrons. The fraction of sp³-hybridized carbons (Fsp3) is 0.174. The third kappa shape index (κ3) is 5.55. The number of rotatable bonds is 8. The first-order valence-corrected chi connectivity index (χ1v) is 11.4. The summed E-state index contributed by atoms with van der Waals surface area (Å²) in [5.41, 5.74) is 0.812. The van der Waals surface area contributed by atoms with Crippen molar-refractivity contribution in [1.82, 2.24) is 0 Å². The first-order valence-electron chi connectivity index (χ1n) is 9.56. The molecule has 1 amide bonds. The van der Waals surface area contributed by atoms with Crippen LogP contribution in [0.5, 0.6) is 17.2 Å². The molecule has 0 saturated heterocycles. The van der Waals surface area contributed by atoms with Gasteiger partial charge in [0.15, 0.2) is 0 Å². The Hall–Kier alpha value is -3.52. The predicted octanol–water partition coefficient (Wildman–Crippen LogP) is 4.28. The summed E-state index contributed by atoms with van der Waals surface area (Å²) in [6.07, 6.45) is 1.06. The van der Waals surface area contributed by atoms with Gasteiger partial charge >= 0.3 is 0 Å². The maximum Gasteiger partial charge on any atom is 0.248 e. The zero-order valence-corrected chi connectivity index (χ0v) is 18.3. The Balaban J connectivity index is 1.82. The van der Waals surface area contributed by atoms with Crippen molar-refractivity contribution in [2.45, 2.75) is 13.0 Å². The van der Waals surface area contributed by atoms with Gasteiger partial charge in [0.25, 0.3) is 0 Å². The molecule has 3 rings (SSSR count). The zero-order valence-electron chi connectivity index (χ0n) is 17.5. The normalized spacial score (nSPS) is 12.0. The van der Waals surface area contributed by atoms with Gasteiger partial charge in [-0.3, -0.25) is 9.10 Å². The number of carbonyl (C=O) groups excluding carboxylic acids is 1. The third-order valence-corrected chi connectivity index (χ3v) is 5.77. The minimum atomic E-state index is -3.74. The van der Waals surface area contributed by atoms with E-state index in [0.29, 0.717) is 28.6 Å². The van der Waals surface area contributed by atoms with Gasteiger partial charge in [0, 0.05) is 0 Å². The van der Waals surface area contributed by atoms with E-state index in [-0.39, 0.29) is 0 Å². The molecule has 0 aromatic heterocycles. The molecule has 0 bridgehead atoms. The molecule has 0 aliphatic heterocycles. The average molecular weight is 441 g/mol. The van der Waals surface area contributed by atoms with E-state index in [4.69, 9.17) is 9.47 Å². The van der Waals surface area contributed by atoms with Gasteiger partial charge < -0.3 is 14.8 Å². The van der Waals surface area contributed by atoms with Crippen molar-refractivity contribution in [3.63, 3.8) is 0 Å². The minimum absolute atomic E-state index is 0.352. The van der Waals surface area contributed by atoms with Crippen LogP contribution in [0.1, 0.15) is 6.92 Å². The molecule has 0 aliphatic carbocycles. The number of benzene rings is 3. The van der Waals surface area contributed by atoms with E-state index >= 15 is 0 Å². The number of methoxy groups -OCH3 is 1. The van der Waals surface area contributed by atoms with Crippen LogP contribution in [-0.4, -0.2) is 33.7 Å². The van der Waals surface area contributed by atoms with Gasteiger partial charge in [0.2, 0.25) is 15.9 Å². The van der Waals surface area contributed by atoms with Crippen LogP contribution in [0.4, 0.5) is 11.4 Å². The SMILES string of the molecule is COc1ccccc1NC(=O)[C@@H](C)N(c1ccc(Oc2ccccc2)cc1)S(C)(=O)=O. The van der Waals surface area contributed by atoms with Gasteiger partial charge in [0.1, 0.15) is 23.3 Å². The second kappa shape index (κ2) is 9.53. The lowest BCUT2D eigenvalue weighted by Crippen LogP contribution is -2.45. The summed E-state index contributed by atoms with van der Waals surface area (Å²) in [7, 11) is -2.25. The number of amides is 1. The van der Waals surface area contributed by atoms with Crippen LogP contribution in [0.25, 0.3) is 0 Å². The summed E-state index contributed by atoms with van der Waals surface area (Å²) in [5, 5.41) is 2.73. The van der Waals surface area contributed by atoms with Crippen LogP contribution in [0, 0.1) is 0 Å². The quantitative estimate of drug-likeness (QED) is 0.565. The highest BCUT2D eigenvalue weighted by Gasteiger charge is 2.29. The van der Waals surface area contributed by atoms with Crippen LogP contribution in [-0.2, 0) is 14.8 Å². The number of anilines is 2. The summed E-state index contributed by atoms with van der Waals surface area (Å²) in [6, 6.07) is 21.7. The number of para-hydroxylation sites is 3. The fourth-order valence-corrected chi connectivity index (χ4v) is 4.25. The van der Waals surface area contributed by atoms with Crippen molar-refractivity contribution in [1.29, 1.82) is 0 Å². The van der Waals surface area contributed by atoms with Crippen molar-refractivity contribution in [2.24, 2.45) is 0 Å². The van der Waals surface area contributed by atoms with Crippen LogP contribution in [0.15, 0.2) is 78.9 Å². The largest absolute Gasteiger partial charge is 0.495 e. The molecule has 0 fully saturated rings. The molecule has 3 aromatic carbocycles. The van der Waals surface area contributed by atoms with Crippen LogP contribution in [0.3, 0.4) is 0 Å². The number of nitrogens with one attached hydrogen (secondary N) is 1. The lowest BCUT2D eigenvalue weighted by atomic mass is 10.2. The predicted molar refractivity (Wildman–Crippen MR) is 121 cm³/mol. The van der Waals surface area contributed by atoms with E-state index in [0.717, 1.165) is 10.6 Å². The minimum Gasteiger partial charge on any atom is -0.495 e. The van der Waals surface area contributed by atoms with E-state index in [9.17, 15) is 13.2 Å². The van der Waals surface area contributed by atoms with E-state index in [1.54, 1.807) is 48.5 Å². The van der Waals surface area contributed by atoms with E-state index in [1.807, 2.05) is 30.3 Å². The van der Waals surface area contributed by atoms with Gasteiger partial charge in [-0.15, -0.1) is 0 Å². The van der Waals surface area contributed by atoms with Crippen LogP contribution >= 0.6 is 0 Å². The van der Waals surface area contributed by atoms with Gasteiger partial charge in [-0.25, -0.2) is 8.42 Å². The van der Waals surface area contributed by atoms with Gasteiger partial charge in [-0.2, -0.15) is 0 Å². The molecular formula is C23H24N2O5S. The first kappa shape index (κ1) is 22.2. The Morgan fingerprint density at radius 3 is 2.10 bits per heavy atom. The Kier molecular flexibility index (Phi) is 6.81. The van der Waals surface area contributed by atoms with Crippen molar-refractivity contribution in [3.05, 3.63) is 78.9 Å². The van der Waals surface area contributed by atoms with E-state index in [1.165, 1.54) is 14.0 Å². The molecule has 1 atom stereocenters. The van der Waals surface area contributed by atoms with Crippen molar-refractivity contribution in [2.75, 3.05) is 23.0 Å². The van der Waals surface area contributed by atoms with E-state index < -0.39 is 22.0 Å². The highest BCUT2D eigenvalue weighted by molar-refractivity contribution is 7.92. The number of sulfonamides is 1. The molecule has 0 spiro atoms. The number of hydrogen-bond acceptors (Lipinski definition) is 5. The molecule has 0 saturated carbocycles. The monoisotopic (exact) mass is 440 g/mol. The Labute approximate surface area is 182 Å². The fourth-order valence-electron chi connectivity index (χ4n) is 3.08. The van der Waals surface area contributed by atoms with Crippen molar-refractivity contribution in [3.8, 4) is 17.2 Å². The molecule has 0 aliphatic rings. The van der Waals surface area contributed by atoms with Gasteiger partial charge in [-0.05, 0) is 55.5 Å². The summed E-state index contributed by atoms with van der Waals surface area (Å²) in [6.45, 7) is 1.53.